The largest absolute Gasteiger partial charge is 0.298 e. The van der Waals surface area contributed by atoms with Gasteiger partial charge in [0.2, 0.25) is 5.91 Å². The number of carbonyl (C=O) groups excluding carboxylic acids is 1. The molecule has 0 aliphatic heterocycles. The molecule has 3 aromatic rings. The van der Waals surface area contributed by atoms with E-state index in [0.29, 0.717) is 10.7 Å². The molecular weight excluding hydrogens is 350 g/mol. The van der Waals surface area contributed by atoms with Crippen LogP contribution in [0.4, 0.5) is 10.8 Å². The highest BCUT2D eigenvalue weighted by atomic mass is 32.1. The molecule has 1 amide bonds. The number of nitro benzene ring substituents is 1. The van der Waals surface area contributed by atoms with Crippen LogP contribution in [0.1, 0.15) is 11.1 Å². The Morgan fingerprint density at radius 1 is 1.15 bits per heavy atom. The predicted molar refractivity (Wildman–Crippen MR) is 103 cm³/mol. The Morgan fingerprint density at radius 3 is 2.50 bits per heavy atom. The molecule has 0 radical (unpaired) electrons. The van der Waals surface area contributed by atoms with Gasteiger partial charge in [0.1, 0.15) is 0 Å². The Labute approximate surface area is 154 Å². The first kappa shape index (κ1) is 17.5. The number of hydrogen-bond acceptors (Lipinski definition) is 5. The molecule has 0 unspecified atom stereocenters. The number of nitrogens with one attached hydrogen (secondary N) is 1. The van der Waals surface area contributed by atoms with E-state index in [0.717, 1.165) is 11.3 Å². The van der Waals surface area contributed by atoms with Gasteiger partial charge < -0.3 is 0 Å². The number of aromatic nitrogens is 1. The van der Waals surface area contributed by atoms with Crippen LogP contribution >= 0.6 is 11.3 Å². The maximum atomic E-state index is 12.0. The molecule has 0 saturated carbocycles. The van der Waals surface area contributed by atoms with E-state index in [4.69, 9.17) is 0 Å². The first-order valence-corrected chi connectivity index (χ1v) is 8.65. The van der Waals surface area contributed by atoms with Crippen molar-refractivity contribution in [1.82, 2.24) is 4.98 Å². The van der Waals surface area contributed by atoms with Crippen molar-refractivity contribution in [1.29, 1.82) is 0 Å². The van der Waals surface area contributed by atoms with Crippen LogP contribution in [0, 0.1) is 17.0 Å². The predicted octanol–water partition coefficient (Wildman–Crippen LogP) is 4.68. The quantitative estimate of drug-likeness (QED) is 0.404. The molecule has 0 spiro atoms. The third-order valence-electron chi connectivity index (χ3n) is 3.61. The molecule has 6 nitrogen and oxygen atoms in total. The molecular formula is C19H15N3O3S. The Bertz CT molecular complexity index is 960. The van der Waals surface area contributed by atoms with Crippen molar-refractivity contribution in [2.24, 2.45) is 0 Å². The summed E-state index contributed by atoms with van der Waals surface area (Å²) in [6, 6.07) is 14.0. The zero-order valence-corrected chi connectivity index (χ0v) is 14.7. The van der Waals surface area contributed by atoms with Gasteiger partial charge in [0.05, 0.1) is 10.6 Å². The number of thiazole rings is 1. The monoisotopic (exact) mass is 365 g/mol. The van der Waals surface area contributed by atoms with E-state index in [1.165, 1.54) is 35.1 Å². The maximum Gasteiger partial charge on any atom is 0.269 e. The van der Waals surface area contributed by atoms with Crippen LogP contribution in [0.2, 0.25) is 0 Å². The lowest BCUT2D eigenvalue weighted by molar-refractivity contribution is -0.384. The molecule has 1 N–H and O–H groups in total. The molecule has 0 aliphatic carbocycles. The van der Waals surface area contributed by atoms with Gasteiger partial charge in [0.15, 0.2) is 5.13 Å². The van der Waals surface area contributed by atoms with Crippen LogP contribution in [0.5, 0.6) is 0 Å². The minimum absolute atomic E-state index is 0.0121. The summed E-state index contributed by atoms with van der Waals surface area (Å²) in [4.78, 5) is 26.6. The molecule has 0 bridgehead atoms. The van der Waals surface area contributed by atoms with E-state index in [1.54, 1.807) is 18.2 Å². The molecule has 1 aromatic heterocycles. The summed E-state index contributed by atoms with van der Waals surface area (Å²) in [5, 5.41) is 15.7. The number of benzene rings is 2. The van der Waals surface area contributed by atoms with Crippen LogP contribution < -0.4 is 5.32 Å². The lowest BCUT2D eigenvalue weighted by Crippen LogP contribution is -2.07. The summed E-state index contributed by atoms with van der Waals surface area (Å²) in [6.45, 7) is 2.02. The maximum absolute atomic E-state index is 12.0. The standard InChI is InChI=1S/C19H15N3O3S/c1-13-2-7-15(8-3-13)17-12-26-19(20-17)21-18(23)11-6-14-4-9-16(10-5-14)22(24)25/h2-12H,1H3,(H,20,21,23). The third-order valence-corrected chi connectivity index (χ3v) is 4.37. The van der Waals surface area contributed by atoms with Crippen LogP contribution in [-0.4, -0.2) is 15.8 Å². The minimum Gasteiger partial charge on any atom is -0.298 e. The number of aryl methyl sites for hydroxylation is 1. The van der Waals surface area contributed by atoms with E-state index < -0.39 is 4.92 Å². The van der Waals surface area contributed by atoms with Gasteiger partial charge >= 0.3 is 0 Å². The van der Waals surface area contributed by atoms with E-state index in [1.807, 2.05) is 36.6 Å². The van der Waals surface area contributed by atoms with Crippen molar-refractivity contribution in [3.8, 4) is 11.3 Å². The molecule has 2 aromatic carbocycles. The number of carbonyl (C=O) groups is 1. The molecule has 26 heavy (non-hydrogen) atoms. The second kappa shape index (κ2) is 7.71. The number of nitrogens with zero attached hydrogens (tertiary/aromatic N) is 2. The minimum atomic E-state index is -0.464. The summed E-state index contributed by atoms with van der Waals surface area (Å²) in [6.07, 6.45) is 2.96. The number of rotatable bonds is 5. The van der Waals surface area contributed by atoms with Gasteiger partial charge in [-0.25, -0.2) is 4.98 Å². The fraction of sp³-hybridized carbons (Fsp3) is 0.0526. The second-order valence-electron chi connectivity index (χ2n) is 5.58. The van der Waals surface area contributed by atoms with Crippen molar-refractivity contribution >= 4 is 34.1 Å². The highest BCUT2D eigenvalue weighted by Gasteiger charge is 2.07. The molecule has 0 atom stereocenters. The first-order chi connectivity index (χ1) is 12.5. The van der Waals surface area contributed by atoms with E-state index in [9.17, 15) is 14.9 Å². The average Bonchev–Trinajstić information content (AvgIpc) is 3.09. The molecule has 0 aliphatic rings. The van der Waals surface area contributed by atoms with Gasteiger partial charge in [-0.3, -0.25) is 20.2 Å². The van der Waals surface area contributed by atoms with E-state index >= 15 is 0 Å². The molecule has 130 valence electrons. The SMILES string of the molecule is Cc1ccc(-c2csc(NC(=O)C=Cc3ccc([N+](=O)[O-])cc3)n2)cc1. The van der Waals surface area contributed by atoms with Crippen molar-refractivity contribution in [2.75, 3.05) is 5.32 Å². The Kier molecular flexibility index (Phi) is 5.19. The van der Waals surface area contributed by atoms with Gasteiger partial charge in [-0.1, -0.05) is 29.8 Å². The zero-order valence-electron chi connectivity index (χ0n) is 13.9. The van der Waals surface area contributed by atoms with Crippen molar-refractivity contribution in [3.63, 3.8) is 0 Å². The summed E-state index contributed by atoms with van der Waals surface area (Å²) < 4.78 is 0. The van der Waals surface area contributed by atoms with Crippen molar-refractivity contribution in [3.05, 3.63) is 81.2 Å². The molecule has 3 rings (SSSR count). The molecule has 0 fully saturated rings. The second-order valence-corrected chi connectivity index (χ2v) is 6.43. The number of amides is 1. The van der Waals surface area contributed by atoms with Crippen LogP contribution in [0.25, 0.3) is 17.3 Å². The highest BCUT2D eigenvalue weighted by molar-refractivity contribution is 7.14. The normalized spacial score (nSPS) is 10.8. The number of hydrogen-bond donors (Lipinski definition) is 1. The fourth-order valence-corrected chi connectivity index (χ4v) is 2.94. The lowest BCUT2D eigenvalue weighted by atomic mass is 10.1. The highest BCUT2D eigenvalue weighted by Crippen LogP contribution is 2.25. The summed E-state index contributed by atoms with van der Waals surface area (Å²) >= 11 is 1.35. The third kappa shape index (κ3) is 4.40. The van der Waals surface area contributed by atoms with Crippen LogP contribution in [0.3, 0.4) is 0 Å². The Balaban J connectivity index is 1.63. The van der Waals surface area contributed by atoms with Gasteiger partial charge in [-0.05, 0) is 30.7 Å². The summed E-state index contributed by atoms with van der Waals surface area (Å²) in [5.41, 5.74) is 3.69. The van der Waals surface area contributed by atoms with Gasteiger partial charge in [0, 0.05) is 29.2 Å². The van der Waals surface area contributed by atoms with Crippen molar-refractivity contribution < 1.29 is 9.72 Å². The molecule has 7 heteroatoms. The topological polar surface area (TPSA) is 85.1 Å². The van der Waals surface area contributed by atoms with Gasteiger partial charge in [-0.15, -0.1) is 11.3 Å². The number of anilines is 1. The molecule has 0 saturated heterocycles. The van der Waals surface area contributed by atoms with E-state index in [2.05, 4.69) is 10.3 Å². The van der Waals surface area contributed by atoms with E-state index in [-0.39, 0.29) is 11.6 Å². The van der Waals surface area contributed by atoms with Gasteiger partial charge in [0.25, 0.3) is 5.69 Å². The average molecular weight is 365 g/mol. The Morgan fingerprint density at radius 2 is 1.85 bits per heavy atom. The summed E-state index contributed by atoms with van der Waals surface area (Å²) in [5.74, 6) is -0.312. The number of non-ortho nitro benzene ring substituents is 1. The summed E-state index contributed by atoms with van der Waals surface area (Å²) in [7, 11) is 0. The lowest BCUT2D eigenvalue weighted by Gasteiger charge is -1.98. The fourth-order valence-electron chi connectivity index (χ4n) is 2.21. The van der Waals surface area contributed by atoms with Gasteiger partial charge in [-0.2, -0.15) is 0 Å². The smallest absolute Gasteiger partial charge is 0.269 e. The first-order valence-electron chi connectivity index (χ1n) is 7.77. The zero-order chi connectivity index (χ0) is 18.5. The van der Waals surface area contributed by atoms with Crippen LogP contribution in [0.15, 0.2) is 60.0 Å². The molecule has 1 heterocycles. The van der Waals surface area contributed by atoms with Crippen molar-refractivity contribution in [2.45, 2.75) is 6.92 Å². The van der Waals surface area contributed by atoms with Crippen LogP contribution in [-0.2, 0) is 4.79 Å². The number of nitro groups is 1. The Hall–Kier alpha value is -3.32.